The molecule has 1 amide bonds. The van der Waals surface area contributed by atoms with Crippen LogP contribution in [0.1, 0.15) is 16.1 Å². The summed E-state index contributed by atoms with van der Waals surface area (Å²) in [6.07, 6.45) is 0. The van der Waals surface area contributed by atoms with E-state index in [1.807, 2.05) is 6.07 Å². The lowest BCUT2D eigenvalue weighted by molar-refractivity contribution is 0.0988. The van der Waals surface area contributed by atoms with Crippen LogP contribution in [0.4, 0.5) is 5.69 Å². The molecule has 0 saturated heterocycles. The van der Waals surface area contributed by atoms with Crippen molar-refractivity contribution in [2.45, 2.75) is 0 Å². The summed E-state index contributed by atoms with van der Waals surface area (Å²) in [4.78, 5) is 13.4. The maximum Gasteiger partial charge on any atom is 0.279 e. The van der Waals surface area contributed by atoms with Crippen LogP contribution in [0.25, 0.3) is 0 Å². The molecule has 6 heteroatoms. The highest BCUT2D eigenvalue weighted by atomic mass is 32.1. The van der Waals surface area contributed by atoms with Crippen LogP contribution in [0.3, 0.4) is 0 Å². The van der Waals surface area contributed by atoms with Gasteiger partial charge in [-0.05, 0) is 23.7 Å². The van der Waals surface area contributed by atoms with Crippen LogP contribution in [0.2, 0.25) is 0 Å². The molecule has 0 aliphatic carbocycles. The van der Waals surface area contributed by atoms with E-state index >= 15 is 0 Å². The molecule has 17 heavy (non-hydrogen) atoms. The van der Waals surface area contributed by atoms with Crippen LogP contribution in [0.15, 0.2) is 29.6 Å². The van der Waals surface area contributed by atoms with E-state index in [1.165, 1.54) is 4.90 Å². The molecular formula is C11H8N4OS. The number of rotatable bonds is 2. The van der Waals surface area contributed by atoms with Crippen molar-refractivity contribution in [3.05, 3.63) is 40.9 Å². The van der Waals surface area contributed by atoms with E-state index in [0.29, 0.717) is 11.3 Å². The molecule has 0 spiro atoms. The second-order valence-corrected chi connectivity index (χ2v) is 3.89. The maximum atomic E-state index is 12.0. The van der Waals surface area contributed by atoms with Crippen molar-refractivity contribution in [2.24, 2.45) is 0 Å². The maximum absolute atomic E-state index is 12.0. The van der Waals surface area contributed by atoms with E-state index in [9.17, 15) is 4.79 Å². The molecule has 0 aliphatic heterocycles. The highest BCUT2D eigenvalue weighted by Gasteiger charge is 2.18. The Morgan fingerprint density at radius 1 is 1.47 bits per heavy atom. The van der Waals surface area contributed by atoms with Crippen molar-refractivity contribution < 1.29 is 4.79 Å². The Bertz CT molecular complexity index is 573. The summed E-state index contributed by atoms with van der Waals surface area (Å²) in [6.45, 7) is 0. The fraction of sp³-hybridized carbons (Fsp3) is 0.0909. The monoisotopic (exact) mass is 244 g/mol. The standard InChI is InChI=1S/C11H8N4OS/c1-15(11(16)9-7-17-14-13-9)10-5-3-2-4-8(10)6-12/h2-5,7H,1H3. The Kier molecular flexibility index (Phi) is 3.12. The number of nitrogens with zero attached hydrogens (tertiary/aromatic N) is 4. The second kappa shape index (κ2) is 4.72. The van der Waals surface area contributed by atoms with Crippen LogP contribution in [0.5, 0.6) is 0 Å². The van der Waals surface area contributed by atoms with Crippen LogP contribution < -0.4 is 4.90 Å². The van der Waals surface area contributed by atoms with Gasteiger partial charge in [-0.25, -0.2) is 0 Å². The van der Waals surface area contributed by atoms with E-state index in [2.05, 4.69) is 9.59 Å². The molecule has 0 N–H and O–H groups in total. The third-order valence-corrected chi connectivity index (χ3v) is 2.77. The number of carbonyl (C=O) groups is 1. The third kappa shape index (κ3) is 2.14. The van der Waals surface area contributed by atoms with Crippen molar-refractivity contribution in [2.75, 3.05) is 11.9 Å². The summed E-state index contributed by atoms with van der Waals surface area (Å²) in [5, 5.41) is 14.3. The predicted octanol–water partition coefficient (Wildman–Crippen LogP) is 1.69. The first-order valence-electron chi connectivity index (χ1n) is 4.78. The van der Waals surface area contributed by atoms with Gasteiger partial charge >= 0.3 is 0 Å². The minimum Gasteiger partial charge on any atom is -0.309 e. The molecule has 84 valence electrons. The van der Waals surface area contributed by atoms with Gasteiger partial charge in [0, 0.05) is 12.4 Å². The summed E-state index contributed by atoms with van der Waals surface area (Å²) >= 11 is 1.12. The molecule has 1 aromatic carbocycles. The topological polar surface area (TPSA) is 69.9 Å². The lowest BCUT2D eigenvalue weighted by atomic mass is 10.2. The number of carbonyl (C=O) groups excluding carboxylic acids is 1. The second-order valence-electron chi connectivity index (χ2n) is 3.28. The van der Waals surface area contributed by atoms with Gasteiger partial charge in [0.25, 0.3) is 5.91 Å². The Morgan fingerprint density at radius 3 is 2.88 bits per heavy atom. The molecule has 0 atom stereocenters. The largest absolute Gasteiger partial charge is 0.309 e. The molecule has 0 saturated carbocycles. The Labute approximate surface area is 102 Å². The number of hydrogen-bond acceptors (Lipinski definition) is 5. The van der Waals surface area contributed by atoms with Crippen LogP contribution in [-0.4, -0.2) is 22.5 Å². The van der Waals surface area contributed by atoms with Crippen molar-refractivity contribution in [3.63, 3.8) is 0 Å². The normalized spacial score (nSPS) is 9.65. The molecule has 0 fully saturated rings. The third-order valence-electron chi connectivity index (χ3n) is 2.27. The molecule has 1 heterocycles. The molecule has 1 aromatic heterocycles. The van der Waals surface area contributed by atoms with Gasteiger partial charge in [0.2, 0.25) is 0 Å². The quantitative estimate of drug-likeness (QED) is 0.806. The zero-order chi connectivity index (χ0) is 12.3. The molecule has 2 aromatic rings. The molecule has 2 rings (SSSR count). The lowest BCUT2D eigenvalue weighted by Crippen LogP contribution is -2.27. The van der Waals surface area contributed by atoms with E-state index in [4.69, 9.17) is 5.26 Å². The Balaban J connectivity index is 2.35. The van der Waals surface area contributed by atoms with Gasteiger partial charge in [0.15, 0.2) is 5.69 Å². The van der Waals surface area contributed by atoms with Crippen molar-refractivity contribution in [1.82, 2.24) is 9.59 Å². The highest BCUT2D eigenvalue weighted by molar-refractivity contribution is 7.03. The summed E-state index contributed by atoms with van der Waals surface area (Å²) in [7, 11) is 1.61. The molecule has 0 aliphatic rings. The van der Waals surface area contributed by atoms with Crippen LogP contribution in [0, 0.1) is 11.3 Å². The number of benzene rings is 1. The van der Waals surface area contributed by atoms with E-state index < -0.39 is 0 Å². The molecular weight excluding hydrogens is 236 g/mol. The first kappa shape index (κ1) is 11.2. The average Bonchev–Trinajstić information content (AvgIpc) is 2.90. The van der Waals surface area contributed by atoms with Gasteiger partial charge in [-0.3, -0.25) is 4.79 Å². The fourth-order valence-corrected chi connectivity index (χ4v) is 1.83. The Hall–Kier alpha value is -2.26. The first-order chi connectivity index (χ1) is 8.24. The van der Waals surface area contributed by atoms with Gasteiger partial charge in [0.05, 0.1) is 11.3 Å². The zero-order valence-corrected chi connectivity index (χ0v) is 9.81. The molecule has 0 radical (unpaired) electrons. The molecule has 0 bridgehead atoms. The van der Waals surface area contributed by atoms with Gasteiger partial charge in [-0.15, -0.1) is 5.10 Å². The number of amides is 1. The fourth-order valence-electron chi connectivity index (χ4n) is 1.40. The summed E-state index contributed by atoms with van der Waals surface area (Å²) in [6, 6.07) is 8.96. The van der Waals surface area contributed by atoms with Crippen molar-refractivity contribution in [1.29, 1.82) is 5.26 Å². The van der Waals surface area contributed by atoms with Gasteiger partial charge in [0.1, 0.15) is 6.07 Å². The Morgan fingerprint density at radius 2 is 2.24 bits per heavy atom. The van der Waals surface area contributed by atoms with E-state index in [-0.39, 0.29) is 11.6 Å². The molecule has 5 nitrogen and oxygen atoms in total. The zero-order valence-electron chi connectivity index (χ0n) is 8.99. The smallest absolute Gasteiger partial charge is 0.279 e. The van der Waals surface area contributed by atoms with Crippen LogP contribution in [-0.2, 0) is 0 Å². The minimum absolute atomic E-state index is 0.276. The van der Waals surface area contributed by atoms with E-state index in [0.717, 1.165) is 11.5 Å². The number of nitriles is 1. The first-order valence-corrected chi connectivity index (χ1v) is 5.62. The summed E-state index contributed by atoms with van der Waals surface area (Å²) < 4.78 is 3.64. The van der Waals surface area contributed by atoms with Crippen LogP contribution >= 0.6 is 11.5 Å². The number of para-hydroxylation sites is 1. The van der Waals surface area contributed by atoms with E-state index in [1.54, 1.807) is 36.7 Å². The number of anilines is 1. The van der Waals surface area contributed by atoms with Crippen molar-refractivity contribution in [3.8, 4) is 6.07 Å². The number of aromatic nitrogens is 2. The van der Waals surface area contributed by atoms with Crippen molar-refractivity contribution >= 4 is 23.1 Å². The minimum atomic E-state index is -0.276. The van der Waals surface area contributed by atoms with Gasteiger partial charge in [-0.1, -0.05) is 16.6 Å². The molecule has 0 unspecified atom stereocenters. The van der Waals surface area contributed by atoms with Gasteiger partial charge < -0.3 is 4.90 Å². The SMILES string of the molecule is CN(C(=O)c1csnn1)c1ccccc1C#N. The average molecular weight is 244 g/mol. The van der Waals surface area contributed by atoms with Gasteiger partial charge in [-0.2, -0.15) is 5.26 Å². The summed E-state index contributed by atoms with van der Waals surface area (Å²) in [5.74, 6) is -0.276. The highest BCUT2D eigenvalue weighted by Crippen LogP contribution is 2.19. The summed E-state index contributed by atoms with van der Waals surface area (Å²) in [5.41, 5.74) is 1.30. The number of hydrogen-bond donors (Lipinski definition) is 0. The lowest BCUT2D eigenvalue weighted by Gasteiger charge is -2.16. The predicted molar refractivity (Wildman–Crippen MR) is 63.8 cm³/mol.